The number of unbranched alkanes of at least 4 members (excludes halogenated alkanes) is 2. The van der Waals surface area contributed by atoms with Crippen molar-refractivity contribution in [1.82, 2.24) is 29.7 Å². The van der Waals surface area contributed by atoms with Crippen LogP contribution in [0.2, 0.25) is 0 Å². The average molecular weight is 749 g/mol. The number of nitrogens with zero attached hydrogens (tertiary/aromatic N) is 5. The average Bonchev–Trinajstić information content (AvgIpc) is 3.68. The van der Waals surface area contributed by atoms with Crippen molar-refractivity contribution in [3.63, 3.8) is 0 Å². The number of halogens is 2. The minimum Gasteiger partial charge on any atom is -0.349 e. The van der Waals surface area contributed by atoms with E-state index in [1.807, 2.05) is 22.9 Å². The van der Waals surface area contributed by atoms with Crippen LogP contribution in [0.25, 0.3) is 5.82 Å². The van der Waals surface area contributed by atoms with Crippen LogP contribution in [0.1, 0.15) is 140 Å². The van der Waals surface area contributed by atoms with Crippen LogP contribution in [0.3, 0.4) is 0 Å². The van der Waals surface area contributed by atoms with Crippen molar-refractivity contribution >= 4 is 30.7 Å². The minimum atomic E-state index is 0. The quantitative estimate of drug-likeness (QED) is 0.213. The topological polar surface area (TPSA) is 92.3 Å². The third kappa shape index (κ3) is 14.2. The molecule has 2 saturated heterocycles. The fourth-order valence-electron chi connectivity index (χ4n) is 9.15. The van der Waals surface area contributed by atoms with Crippen LogP contribution in [-0.2, 0) is 0 Å². The highest BCUT2D eigenvalue weighted by molar-refractivity contribution is 5.94. The number of carbonyl (C=O) groups is 1. The van der Waals surface area contributed by atoms with Gasteiger partial charge in [0.05, 0.1) is 5.56 Å². The van der Waals surface area contributed by atoms with E-state index in [1.165, 1.54) is 142 Å². The highest BCUT2D eigenvalue weighted by Crippen LogP contribution is 2.30. The molecule has 2 aliphatic carbocycles. The van der Waals surface area contributed by atoms with Crippen molar-refractivity contribution in [2.75, 3.05) is 39.3 Å². The third-order valence-corrected chi connectivity index (χ3v) is 12.1. The number of rotatable bonds is 13. The molecule has 4 aliphatic rings. The molecule has 2 aliphatic heterocycles. The molecule has 6 rings (SSSR count). The van der Waals surface area contributed by atoms with E-state index in [9.17, 15) is 4.79 Å². The van der Waals surface area contributed by atoms with E-state index < -0.39 is 0 Å². The molecule has 10 heteroatoms. The summed E-state index contributed by atoms with van der Waals surface area (Å²) in [5.74, 6) is 3.95. The first kappa shape index (κ1) is 43.7. The number of nitrogens with two attached hydrogens (primary N) is 1. The van der Waals surface area contributed by atoms with E-state index >= 15 is 0 Å². The maximum atomic E-state index is 12.9. The first-order chi connectivity index (χ1) is 24.0. The predicted molar refractivity (Wildman–Crippen MR) is 216 cm³/mol. The van der Waals surface area contributed by atoms with Gasteiger partial charge < -0.3 is 20.9 Å². The van der Waals surface area contributed by atoms with Crippen molar-refractivity contribution in [2.45, 2.75) is 142 Å². The Morgan fingerprint density at radius 1 is 0.804 bits per heavy atom. The number of nitrogens with one attached hydrogen (secondary N) is 1. The Morgan fingerprint density at radius 2 is 1.41 bits per heavy atom. The Bertz CT molecular complexity index is 1200. The summed E-state index contributed by atoms with van der Waals surface area (Å²) in [4.78, 5) is 26.8. The van der Waals surface area contributed by atoms with Gasteiger partial charge in [0.1, 0.15) is 12.1 Å². The lowest BCUT2D eigenvalue weighted by molar-refractivity contribution is 0.0853. The van der Waals surface area contributed by atoms with Gasteiger partial charge in [0, 0.05) is 56.9 Å². The number of imidazole rings is 1. The molecule has 0 aromatic carbocycles. The fraction of sp³-hybridized carbons (Fsp3) is 0.780. The van der Waals surface area contributed by atoms with Crippen LogP contribution in [0.15, 0.2) is 37.1 Å². The number of pyridine rings is 1. The maximum absolute atomic E-state index is 12.9. The molecule has 0 radical (unpaired) electrons. The van der Waals surface area contributed by atoms with Gasteiger partial charge in [-0.1, -0.05) is 65.2 Å². The molecule has 2 aromatic rings. The zero-order valence-corrected chi connectivity index (χ0v) is 33.6. The zero-order chi connectivity index (χ0) is 34.3. The second-order valence-corrected chi connectivity index (χ2v) is 16.0. The molecule has 51 heavy (non-hydrogen) atoms. The van der Waals surface area contributed by atoms with Gasteiger partial charge in [-0.3, -0.25) is 9.36 Å². The third-order valence-electron chi connectivity index (χ3n) is 12.1. The molecular weight excluding hydrogens is 677 g/mol. The molecule has 2 saturated carbocycles. The fourth-order valence-corrected chi connectivity index (χ4v) is 9.15. The van der Waals surface area contributed by atoms with E-state index in [-0.39, 0.29) is 36.8 Å². The number of hydrogen-bond donors (Lipinski definition) is 2. The highest BCUT2D eigenvalue weighted by atomic mass is 35.5. The first-order valence-corrected chi connectivity index (χ1v) is 20.5. The number of aromatic nitrogens is 3. The summed E-state index contributed by atoms with van der Waals surface area (Å²) in [6.07, 6.45) is 31.0. The summed E-state index contributed by atoms with van der Waals surface area (Å²) in [5.41, 5.74) is 6.91. The summed E-state index contributed by atoms with van der Waals surface area (Å²) < 4.78 is 1.84. The smallest absolute Gasteiger partial charge is 0.253 e. The standard InChI is InChI=1S/C25H37N5O.C16H32N2.2ClH/c1-2-3-7-20-8-6-14-29(17-20)18-22-9-4-5-10-23(22)28-25(31)21-11-12-24(27-16-21)30-15-13-26-19-30;1-2-3-7-14-8-6-11-18(12-14)13-15-9-4-5-10-16(15)17;;/h11-13,15-16,19-20,22-23H,2-10,14,17-18H2,1H3,(H,28,31);14-16H,2-13,17H2,1H3;2*1H/t20?,22-,23-;14?,15-,16-;;/m11../s1. The Labute approximate surface area is 322 Å². The van der Waals surface area contributed by atoms with E-state index in [0.717, 1.165) is 36.5 Å². The maximum Gasteiger partial charge on any atom is 0.253 e. The van der Waals surface area contributed by atoms with Crippen molar-refractivity contribution in [1.29, 1.82) is 0 Å². The Morgan fingerprint density at radius 3 is 1.98 bits per heavy atom. The van der Waals surface area contributed by atoms with Crippen molar-refractivity contribution in [3.05, 3.63) is 42.6 Å². The number of amides is 1. The monoisotopic (exact) mass is 748 g/mol. The number of likely N-dealkylation sites (tertiary alicyclic amines) is 2. The van der Waals surface area contributed by atoms with Crippen molar-refractivity contribution in [2.24, 2.45) is 29.4 Å². The zero-order valence-electron chi connectivity index (χ0n) is 31.9. The summed E-state index contributed by atoms with van der Waals surface area (Å²) in [6.45, 7) is 12.2. The molecule has 4 heterocycles. The molecule has 3 N–H and O–H groups in total. The summed E-state index contributed by atoms with van der Waals surface area (Å²) >= 11 is 0. The number of piperidine rings is 2. The number of hydrogen-bond acceptors (Lipinski definition) is 6. The molecule has 6 atom stereocenters. The summed E-state index contributed by atoms with van der Waals surface area (Å²) in [6, 6.07) is 4.48. The van der Waals surface area contributed by atoms with Crippen LogP contribution >= 0.6 is 24.8 Å². The predicted octanol–water partition coefficient (Wildman–Crippen LogP) is 8.71. The van der Waals surface area contributed by atoms with E-state index in [0.29, 0.717) is 17.5 Å². The molecule has 1 amide bonds. The van der Waals surface area contributed by atoms with Gasteiger partial charge in [-0.2, -0.15) is 0 Å². The molecule has 4 fully saturated rings. The Balaban J connectivity index is 0.000000302. The normalized spacial score (nSPS) is 27.3. The van der Waals surface area contributed by atoms with Gasteiger partial charge in [0.15, 0.2) is 0 Å². The van der Waals surface area contributed by atoms with Gasteiger partial charge in [-0.25, -0.2) is 9.97 Å². The second-order valence-electron chi connectivity index (χ2n) is 16.0. The highest BCUT2D eigenvalue weighted by Gasteiger charge is 2.31. The van der Waals surface area contributed by atoms with Crippen LogP contribution in [0, 0.1) is 23.7 Å². The van der Waals surface area contributed by atoms with E-state index in [2.05, 4.69) is 38.9 Å². The van der Waals surface area contributed by atoms with Crippen molar-refractivity contribution in [3.8, 4) is 5.82 Å². The lowest BCUT2D eigenvalue weighted by Crippen LogP contribution is -2.48. The molecule has 8 nitrogen and oxygen atoms in total. The van der Waals surface area contributed by atoms with Gasteiger partial charge >= 0.3 is 0 Å². The van der Waals surface area contributed by atoms with Crippen LogP contribution < -0.4 is 11.1 Å². The van der Waals surface area contributed by atoms with Crippen LogP contribution in [-0.4, -0.2) is 81.6 Å². The van der Waals surface area contributed by atoms with E-state index in [4.69, 9.17) is 5.73 Å². The Hall–Kier alpha value is -1.71. The van der Waals surface area contributed by atoms with Crippen LogP contribution in [0.4, 0.5) is 0 Å². The lowest BCUT2D eigenvalue weighted by Gasteiger charge is -2.39. The largest absolute Gasteiger partial charge is 0.349 e. The first-order valence-electron chi connectivity index (χ1n) is 20.5. The molecular formula is C41H71Cl2N7O. The van der Waals surface area contributed by atoms with Gasteiger partial charge in [-0.15, -0.1) is 24.8 Å². The second kappa shape index (κ2) is 23.9. The molecule has 2 unspecified atom stereocenters. The molecule has 0 spiro atoms. The summed E-state index contributed by atoms with van der Waals surface area (Å²) in [7, 11) is 0. The molecule has 2 aromatic heterocycles. The summed E-state index contributed by atoms with van der Waals surface area (Å²) in [5, 5.41) is 3.35. The minimum absolute atomic E-state index is 0. The number of carbonyl (C=O) groups excluding carboxylic acids is 1. The lowest BCUT2D eigenvalue weighted by atomic mass is 9.83. The van der Waals surface area contributed by atoms with Crippen molar-refractivity contribution < 1.29 is 4.79 Å². The van der Waals surface area contributed by atoms with E-state index in [1.54, 1.807) is 18.7 Å². The Kier molecular flexibility index (Phi) is 20.4. The van der Waals surface area contributed by atoms with Gasteiger partial charge in [-0.05, 0) is 113 Å². The molecule has 290 valence electrons. The van der Waals surface area contributed by atoms with Gasteiger partial charge in [0.2, 0.25) is 0 Å². The van der Waals surface area contributed by atoms with Crippen LogP contribution in [0.5, 0.6) is 0 Å². The molecule has 0 bridgehead atoms. The SMILES string of the molecule is CCCCC1CCCN(C[C@H]2CCCC[C@H]2N)C1.CCCCC1CCCN(C[C@H]2CCCC[C@H]2NC(=O)c2ccc(-n3ccnc3)nc2)C1.Cl.Cl. The van der Waals surface area contributed by atoms with Gasteiger partial charge in [0.25, 0.3) is 5.91 Å².